The van der Waals surface area contributed by atoms with Crippen LogP contribution in [0.15, 0.2) is 11.1 Å². The zero-order chi connectivity index (χ0) is 25.3. The number of hydrogen-bond donors (Lipinski definition) is 4. The van der Waals surface area contributed by atoms with Crippen LogP contribution in [0, 0.1) is 34.5 Å². The molecule has 3 saturated carbocycles. The van der Waals surface area contributed by atoms with Gasteiger partial charge >= 0.3 is 5.97 Å². The molecule has 0 aromatic rings. The molecule has 0 amide bonds. The van der Waals surface area contributed by atoms with Crippen molar-refractivity contribution in [3.05, 3.63) is 11.1 Å². The van der Waals surface area contributed by atoms with Crippen LogP contribution in [0.2, 0.25) is 0 Å². The van der Waals surface area contributed by atoms with Gasteiger partial charge in [-0.25, -0.2) is 0 Å². The Kier molecular flexibility index (Phi) is 5.07. The third-order valence-corrected chi connectivity index (χ3v) is 11.1. The Morgan fingerprint density at radius 2 is 1.86 bits per heavy atom. The third-order valence-electron chi connectivity index (χ3n) is 11.1. The second kappa shape index (κ2) is 7.29. The molecule has 0 aromatic carbocycles. The van der Waals surface area contributed by atoms with E-state index >= 15 is 0 Å². The number of carbonyl (C=O) groups is 1. The van der Waals surface area contributed by atoms with Gasteiger partial charge in [-0.15, -0.1) is 0 Å². The number of ether oxygens (including phenoxy) is 3. The maximum Gasteiger partial charge on any atom is 0.303 e. The number of fused-ring (bicyclic) bond motifs is 5. The van der Waals surface area contributed by atoms with Gasteiger partial charge in [0.25, 0.3) is 0 Å². The molecule has 196 valence electrons. The number of esters is 1. The first-order chi connectivity index (χ1) is 16.3. The van der Waals surface area contributed by atoms with Crippen LogP contribution < -0.4 is 0 Å². The van der Waals surface area contributed by atoms with Gasteiger partial charge in [-0.3, -0.25) is 4.79 Å². The minimum atomic E-state index is -1.91. The normalized spacial score (nSPS) is 56.5. The number of carbonyl (C=O) groups excluding carboxylic acids is 1. The summed E-state index contributed by atoms with van der Waals surface area (Å²) in [6.07, 6.45) is -0.807. The minimum Gasteiger partial charge on any atom is -0.459 e. The Bertz CT molecular complexity index is 978. The predicted octanol–water partition coefficient (Wildman–Crippen LogP) is 1.68. The molecule has 5 fully saturated rings. The van der Waals surface area contributed by atoms with Crippen LogP contribution in [0.1, 0.15) is 66.7 Å². The Morgan fingerprint density at radius 1 is 1.14 bits per heavy atom. The molecule has 12 atom stereocenters. The maximum atomic E-state index is 12.1. The number of rotatable bonds is 2. The van der Waals surface area contributed by atoms with Crippen LogP contribution in [0.4, 0.5) is 0 Å². The topological polar surface area (TPSA) is 126 Å². The molecule has 0 radical (unpaired) electrons. The quantitative estimate of drug-likeness (QED) is 0.339. The zero-order valence-electron chi connectivity index (χ0n) is 21.4. The highest BCUT2D eigenvalue weighted by atomic mass is 16.7. The van der Waals surface area contributed by atoms with Crippen LogP contribution in [0.25, 0.3) is 0 Å². The van der Waals surface area contributed by atoms with Gasteiger partial charge in [-0.2, -0.15) is 0 Å². The zero-order valence-corrected chi connectivity index (χ0v) is 21.4. The van der Waals surface area contributed by atoms with Crippen molar-refractivity contribution in [2.75, 3.05) is 6.61 Å². The lowest BCUT2D eigenvalue weighted by Gasteiger charge is -2.59. The lowest BCUT2D eigenvalue weighted by molar-refractivity contribution is -0.361. The van der Waals surface area contributed by atoms with Gasteiger partial charge in [0.15, 0.2) is 11.9 Å². The largest absolute Gasteiger partial charge is 0.459 e. The van der Waals surface area contributed by atoms with Crippen LogP contribution in [0.5, 0.6) is 0 Å². The van der Waals surface area contributed by atoms with Gasteiger partial charge in [-0.05, 0) is 43.9 Å². The fourth-order valence-corrected chi connectivity index (χ4v) is 9.29. The number of hydrogen-bond acceptors (Lipinski definition) is 8. The van der Waals surface area contributed by atoms with Crippen LogP contribution in [-0.4, -0.2) is 74.9 Å². The molecule has 35 heavy (non-hydrogen) atoms. The van der Waals surface area contributed by atoms with Gasteiger partial charge in [0, 0.05) is 29.6 Å². The first-order valence-corrected chi connectivity index (χ1v) is 13.3. The molecule has 4 aliphatic carbocycles. The van der Waals surface area contributed by atoms with E-state index in [9.17, 15) is 25.2 Å². The van der Waals surface area contributed by atoms with E-state index in [0.29, 0.717) is 18.8 Å². The van der Waals surface area contributed by atoms with Crippen molar-refractivity contribution in [2.45, 2.75) is 109 Å². The van der Waals surface area contributed by atoms with Gasteiger partial charge in [0.2, 0.25) is 0 Å². The average molecular weight is 493 g/mol. The summed E-state index contributed by atoms with van der Waals surface area (Å²) in [5.74, 6) is -1.06. The van der Waals surface area contributed by atoms with Gasteiger partial charge in [0.05, 0.1) is 18.8 Å². The van der Waals surface area contributed by atoms with Crippen molar-refractivity contribution in [2.24, 2.45) is 34.5 Å². The first-order valence-electron chi connectivity index (χ1n) is 13.3. The van der Waals surface area contributed by atoms with Crippen molar-refractivity contribution in [3.8, 4) is 0 Å². The predicted molar refractivity (Wildman–Crippen MR) is 124 cm³/mol. The Morgan fingerprint density at radius 3 is 2.51 bits per heavy atom. The molecule has 2 bridgehead atoms. The molecule has 8 nitrogen and oxygen atoms in total. The molecule has 6 rings (SSSR count). The van der Waals surface area contributed by atoms with Crippen molar-refractivity contribution >= 4 is 5.97 Å². The molecule has 0 spiro atoms. The summed E-state index contributed by atoms with van der Waals surface area (Å²) in [7, 11) is 0. The van der Waals surface area contributed by atoms with Crippen molar-refractivity contribution in [3.63, 3.8) is 0 Å². The molecular weight excluding hydrogens is 452 g/mol. The SMILES string of the molecule is CC(=O)O[C@@H]1[C@H]2CC[C@@H]3C4=C(C(C)C)C[C@H](O)[C@]4(C)CC[C@@]3(C)[C@H]3O[C@@H]4OC[C@@]1(O)[C@H](O)[C@]4(O)[C@H]23. The van der Waals surface area contributed by atoms with E-state index in [1.54, 1.807) is 0 Å². The Hall–Kier alpha value is -1.03. The second-order valence-electron chi connectivity index (χ2n) is 13.1. The fourth-order valence-electron chi connectivity index (χ4n) is 9.29. The Balaban J connectivity index is 1.52. The van der Waals surface area contributed by atoms with Crippen molar-refractivity contribution < 1.29 is 39.4 Å². The standard InChI is InChI=1S/C27H40O8/c1-12(2)15-10-17(29)25(5)9-8-24(4)16(18(15)25)7-6-14-19-21(24)35-23-27(19,32)22(30)26(31,11-33-23)20(14)34-13(3)28/h12,14,16-17,19-23,29-32H,6-11H2,1-5H3/t14-,16+,17-,19+,20+,21-,22-,23-,24+,25-,26-,27+/m0/s1. The van der Waals surface area contributed by atoms with Gasteiger partial charge in [0.1, 0.15) is 17.8 Å². The molecule has 2 heterocycles. The monoisotopic (exact) mass is 492 g/mol. The lowest BCUT2D eigenvalue weighted by Crippen LogP contribution is -2.79. The minimum absolute atomic E-state index is 0.108. The summed E-state index contributed by atoms with van der Waals surface area (Å²) in [6, 6.07) is 0. The third kappa shape index (κ3) is 2.76. The highest BCUT2D eigenvalue weighted by Crippen LogP contribution is 2.69. The summed E-state index contributed by atoms with van der Waals surface area (Å²) >= 11 is 0. The van der Waals surface area contributed by atoms with Gasteiger partial charge in [-0.1, -0.05) is 38.8 Å². The lowest BCUT2D eigenvalue weighted by atomic mass is 9.51. The fraction of sp³-hybridized carbons (Fsp3) is 0.889. The van der Waals surface area contributed by atoms with Crippen molar-refractivity contribution in [1.29, 1.82) is 0 Å². The highest BCUT2D eigenvalue weighted by Gasteiger charge is 2.79. The molecule has 8 heteroatoms. The number of aliphatic hydroxyl groups excluding tert-OH is 2. The van der Waals surface area contributed by atoms with E-state index in [4.69, 9.17) is 14.2 Å². The van der Waals surface area contributed by atoms with Gasteiger partial charge < -0.3 is 34.6 Å². The highest BCUT2D eigenvalue weighted by molar-refractivity contribution is 5.66. The molecule has 4 N–H and O–H groups in total. The summed E-state index contributed by atoms with van der Waals surface area (Å²) in [4.78, 5) is 12.1. The van der Waals surface area contributed by atoms with Crippen LogP contribution in [0.3, 0.4) is 0 Å². The molecule has 0 unspecified atom stereocenters. The number of aliphatic hydroxyl groups is 4. The summed E-state index contributed by atoms with van der Waals surface area (Å²) < 4.78 is 18.1. The first kappa shape index (κ1) is 24.3. The van der Waals surface area contributed by atoms with E-state index in [-0.39, 0.29) is 29.3 Å². The molecule has 6 aliphatic rings. The maximum absolute atomic E-state index is 12.1. The average Bonchev–Trinajstić information content (AvgIpc) is 3.21. The van der Waals surface area contributed by atoms with E-state index in [2.05, 4.69) is 27.7 Å². The van der Waals surface area contributed by atoms with Crippen molar-refractivity contribution in [1.82, 2.24) is 0 Å². The second-order valence-corrected chi connectivity index (χ2v) is 13.1. The molecule has 0 aromatic heterocycles. The molecule has 2 aliphatic heterocycles. The van der Waals surface area contributed by atoms with E-state index < -0.39 is 53.8 Å². The smallest absolute Gasteiger partial charge is 0.303 e. The summed E-state index contributed by atoms with van der Waals surface area (Å²) in [5.41, 5.74) is -1.71. The summed E-state index contributed by atoms with van der Waals surface area (Å²) in [5, 5.41) is 46.1. The summed E-state index contributed by atoms with van der Waals surface area (Å²) in [6.45, 7) is 9.79. The molecule has 2 saturated heterocycles. The molecular formula is C27H40O8. The van der Waals surface area contributed by atoms with E-state index in [1.807, 2.05) is 0 Å². The Labute approximate surface area is 206 Å². The van der Waals surface area contributed by atoms with Crippen LogP contribution >= 0.6 is 0 Å². The van der Waals surface area contributed by atoms with E-state index in [0.717, 1.165) is 19.3 Å². The van der Waals surface area contributed by atoms with E-state index in [1.165, 1.54) is 18.1 Å². The van der Waals surface area contributed by atoms with Crippen LogP contribution in [-0.2, 0) is 19.0 Å².